The molecular formula is C18H29IN6OS. The average Bonchev–Trinajstić information content (AvgIpc) is 2.69. The Labute approximate surface area is 182 Å². The Hall–Kier alpha value is -1.10. The Balaban J connectivity index is 0.00000261. The predicted octanol–water partition coefficient (Wildman–Crippen LogP) is 2.15. The van der Waals surface area contributed by atoms with Gasteiger partial charge in [0, 0.05) is 56.1 Å². The number of amides is 1. The number of carbonyl (C=O) groups excluding carboxylic acids is 1. The third-order valence-electron chi connectivity index (χ3n) is 5.01. The van der Waals surface area contributed by atoms with Crippen LogP contribution in [-0.4, -0.2) is 70.5 Å². The third-order valence-corrected chi connectivity index (χ3v) is 6.55. The maximum Gasteiger partial charge on any atom is 0.271 e. The highest BCUT2D eigenvalue weighted by atomic mass is 127. The van der Waals surface area contributed by atoms with E-state index in [9.17, 15) is 4.79 Å². The van der Waals surface area contributed by atoms with Crippen LogP contribution in [0.5, 0.6) is 0 Å². The molecule has 1 aliphatic carbocycles. The molecule has 0 unspecified atom stereocenters. The molecule has 1 spiro atoms. The van der Waals surface area contributed by atoms with Crippen molar-refractivity contribution in [1.82, 2.24) is 25.5 Å². The number of carbonyl (C=O) groups is 1. The van der Waals surface area contributed by atoms with Crippen LogP contribution in [0.2, 0.25) is 0 Å². The first-order chi connectivity index (χ1) is 12.7. The van der Waals surface area contributed by atoms with Gasteiger partial charge in [0.1, 0.15) is 5.69 Å². The molecule has 1 saturated carbocycles. The Bertz CT molecular complexity index is 618. The number of aliphatic imine (C=N–C) groups is 1. The van der Waals surface area contributed by atoms with Crippen molar-refractivity contribution in [3.05, 3.63) is 24.3 Å². The molecule has 7 nitrogen and oxygen atoms in total. The molecule has 1 amide bonds. The number of guanidine groups is 1. The van der Waals surface area contributed by atoms with Crippen molar-refractivity contribution in [3.8, 4) is 0 Å². The van der Waals surface area contributed by atoms with Crippen LogP contribution in [0, 0.1) is 0 Å². The Morgan fingerprint density at radius 2 is 2.04 bits per heavy atom. The largest absolute Gasteiger partial charge is 0.354 e. The van der Waals surface area contributed by atoms with Gasteiger partial charge in [-0.25, -0.2) is 4.98 Å². The standard InChI is InChI=1S/C18H28N6OS.HI/c1-19-17(23-10-9-22-16(25)15-13-20-7-8-21-15)24-11-12-26-18(14-24)5-3-2-4-6-18;/h7-8,13H,2-6,9-12,14H2,1H3,(H,19,23)(H,22,25);1H. The van der Waals surface area contributed by atoms with Crippen molar-refractivity contribution in [1.29, 1.82) is 0 Å². The van der Waals surface area contributed by atoms with E-state index in [4.69, 9.17) is 0 Å². The first-order valence-electron chi connectivity index (χ1n) is 9.36. The highest BCUT2D eigenvalue weighted by molar-refractivity contribution is 14.0. The fourth-order valence-corrected chi connectivity index (χ4v) is 5.28. The van der Waals surface area contributed by atoms with E-state index in [2.05, 4.69) is 42.3 Å². The van der Waals surface area contributed by atoms with Gasteiger partial charge in [-0.05, 0) is 12.8 Å². The maximum absolute atomic E-state index is 12.0. The van der Waals surface area contributed by atoms with Gasteiger partial charge in [-0.3, -0.25) is 14.8 Å². The molecular weight excluding hydrogens is 475 g/mol. The van der Waals surface area contributed by atoms with Gasteiger partial charge in [-0.2, -0.15) is 11.8 Å². The second-order valence-electron chi connectivity index (χ2n) is 6.83. The summed E-state index contributed by atoms with van der Waals surface area (Å²) in [5.74, 6) is 1.89. The smallest absolute Gasteiger partial charge is 0.271 e. The van der Waals surface area contributed by atoms with Crippen LogP contribution < -0.4 is 10.6 Å². The summed E-state index contributed by atoms with van der Waals surface area (Å²) in [6.07, 6.45) is 11.3. The Morgan fingerprint density at radius 1 is 1.26 bits per heavy atom. The van der Waals surface area contributed by atoms with E-state index in [1.807, 2.05) is 7.05 Å². The molecule has 2 fully saturated rings. The summed E-state index contributed by atoms with van der Waals surface area (Å²) in [6, 6.07) is 0. The summed E-state index contributed by atoms with van der Waals surface area (Å²) in [5, 5.41) is 6.24. The number of aromatic nitrogens is 2. The summed E-state index contributed by atoms with van der Waals surface area (Å²) in [6.45, 7) is 3.25. The molecule has 0 aromatic carbocycles. The molecule has 1 aliphatic heterocycles. The second kappa shape index (κ2) is 11.0. The normalized spacial score (nSPS) is 19.3. The van der Waals surface area contributed by atoms with E-state index in [1.165, 1.54) is 44.5 Å². The van der Waals surface area contributed by atoms with Crippen molar-refractivity contribution in [2.75, 3.05) is 39.0 Å². The zero-order valence-corrected chi connectivity index (χ0v) is 19.0. The molecule has 1 aromatic rings. The molecule has 0 atom stereocenters. The third kappa shape index (κ3) is 6.20. The van der Waals surface area contributed by atoms with Gasteiger partial charge in [-0.15, -0.1) is 24.0 Å². The van der Waals surface area contributed by atoms with Crippen LogP contribution in [0.4, 0.5) is 0 Å². The van der Waals surface area contributed by atoms with Crippen LogP contribution >= 0.6 is 35.7 Å². The molecule has 9 heteroatoms. The number of hydrogen-bond acceptors (Lipinski definition) is 5. The predicted molar refractivity (Wildman–Crippen MR) is 121 cm³/mol. The van der Waals surface area contributed by atoms with E-state index in [1.54, 1.807) is 6.20 Å². The lowest BCUT2D eigenvalue weighted by Gasteiger charge is -2.45. The highest BCUT2D eigenvalue weighted by Crippen LogP contribution is 2.42. The first kappa shape index (κ1) is 22.2. The molecule has 0 radical (unpaired) electrons. The zero-order chi connectivity index (χ0) is 18.2. The molecule has 1 saturated heterocycles. The van der Waals surface area contributed by atoms with E-state index in [0.29, 0.717) is 23.5 Å². The Kier molecular flexibility index (Phi) is 9.07. The molecule has 2 aliphatic rings. The minimum Gasteiger partial charge on any atom is -0.354 e. The summed E-state index contributed by atoms with van der Waals surface area (Å²) in [7, 11) is 1.83. The van der Waals surface area contributed by atoms with Crippen molar-refractivity contribution in [2.24, 2.45) is 4.99 Å². The van der Waals surface area contributed by atoms with Crippen molar-refractivity contribution in [2.45, 2.75) is 36.9 Å². The first-order valence-corrected chi connectivity index (χ1v) is 10.3. The zero-order valence-electron chi connectivity index (χ0n) is 15.8. The summed E-state index contributed by atoms with van der Waals surface area (Å²) >= 11 is 2.15. The average molecular weight is 504 g/mol. The highest BCUT2D eigenvalue weighted by Gasteiger charge is 2.38. The number of halogens is 1. The fourth-order valence-electron chi connectivity index (χ4n) is 3.71. The molecule has 3 rings (SSSR count). The summed E-state index contributed by atoms with van der Waals surface area (Å²) in [5.41, 5.74) is 0.337. The molecule has 27 heavy (non-hydrogen) atoms. The fraction of sp³-hybridized carbons (Fsp3) is 0.667. The monoisotopic (exact) mass is 504 g/mol. The minimum absolute atomic E-state index is 0. The lowest BCUT2D eigenvalue weighted by atomic mass is 9.87. The van der Waals surface area contributed by atoms with Crippen molar-refractivity contribution >= 4 is 47.6 Å². The molecule has 2 heterocycles. The van der Waals surface area contributed by atoms with Gasteiger partial charge in [-0.1, -0.05) is 19.3 Å². The van der Waals surface area contributed by atoms with Gasteiger partial charge in [0.05, 0.1) is 6.20 Å². The van der Waals surface area contributed by atoms with Gasteiger partial charge in [0.2, 0.25) is 0 Å². The lowest BCUT2D eigenvalue weighted by molar-refractivity contribution is 0.0949. The van der Waals surface area contributed by atoms with Gasteiger partial charge >= 0.3 is 0 Å². The van der Waals surface area contributed by atoms with Crippen molar-refractivity contribution < 1.29 is 4.79 Å². The number of thioether (sulfide) groups is 1. The van der Waals surface area contributed by atoms with Crippen LogP contribution in [0.3, 0.4) is 0 Å². The molecule has 0 bridgehead atoms. The van der Waals surface area contributed by atoms with E-state index >= 15 is 0 Å². The molecule has 2 N–H and O–H groups in total. The molecule has 150 valence electrons. The van der Waals surface area contributed by atoms with Crippen molar-refractivity contribution in [3.63, 3.8) is 0 Å². The molecule has 1 aromatic heterocycles. The van der Waals surface area contributed by atoms with Gasteiger partial charge < -0.3 is 15.5 Å². The lowest BCUT2D eigenvalue weighted by Crippen LogP contribution is -2.54. The number of rotatable bonds is 4. The summed E-state index contributed by atoms with van der Waals surface area (Å²) in [4.78, 5) is 26.7. The van der Waals surface area contributed by atoms with Crippen LogP contribution in [-0.2, 0) is 0 Å². The summed E-state index contributed by atoms with van der Waals surface area (Å²) < 4.78 is 0.411. The Morgan fingerprint density at radius 3 is 2.74 bits per heavy atom. The second-order valence-corrected chi connectivity index (χ2v) is 8.40. The number of nitrogens with one attached hydrogen (secondary N) is 2. The van der Waals surface area contributed by atoms with Crippen LogP contribution in [0.15, 0.2) is 23.6 Å². The van der Waals surface area contributed by atoms with E-state index in [0.717, 1.165) is 24.8 Å². The number of nitrogens with zero attached hydrogens (tertiary/aromatic N) is 4. The van der Waals surface area contributed by atoms with Crippen LogP contribution in [0.25, 0.3) is 0 Å². The topological polar surface area (TPSA) is 82.5 Å². The van der Waals surface area contributed by atoms with E-state index < -0.39 is 0 Å². The van der Waals surface area contributed by atoms with Gasteiger partial charge in [0.15, 0.2) is 5.96 Å². The SMILES string of the molecule is CN=C(NCCNC(=O)c1cnccn1)N1CCSC2(CCCCC2)C1.I. The van der Waals surface area contributed by atoms with Crippen LogP contribution in [0.1, 0.15) is 42.6 Å². The minimum atomic E-state index is -0.203. The van der Waals surface area contributed by atoms with Gasteiger partial charge in [0.25, 0.3) is 5.91 Å². The maximum atomic E-state index is 12.0. The number of hydrogen-bond donors (Lipinski definition) is 2. The van der Waals surface area contributed by atoms with E-state index in [-0.39, 0.29) is 29.9 Å². The quantitative estimate of drug-likeness (QED) is 0.283.